The van der Waals surface area contributed by atoms with E-state index < -0.39 is 12.0 Å². The van der Waals surface area contributed by atoms with Crippen molar-refractivity contribution in [3.63, 3.8) is 0 Å². The van der Waals surface area contributed by atoms with Crippen LogP contribution in [0.15, 0.2) is 24.3 Å². The molecule has 0 aliphatic rings. The highest BCUT2D eigenvalue weighted by atomic mass is 16.5. The van der Waals surface area contributed by atoms with Gasteiger partial charge in [-0.1, -0.05) is 12.1 Å². The number of carboxylic acids is 1. The SMILES string of the molecule is COCCCNC(C(=O)O)c1cccc(O)c1. The lowest BCUT2D eigenvalue weighted by Crippen LogP contribution is -2.29. The van der Waals surface area contributed by atoms with Gasteiger partial charge in [-0.3, -0.25) is 4.79 Å². The van der Waals surface area contributed by atoms with Crippen molar-refractivity contribution in [2.75, 3.05) is 20.3 Å². The molecule has 0 amide bonds. The van der Waals surface area contributed by atoms with Gasteiger partial charge in [-0.25, -0.2) is 0 Å². The van der Waals surface area contributed by atoms with Crippen LogP contribution in [0.2, 0.25) is 0 Å². The zero-order valence-electron chi connectivity index (χ0n) is 9.72. The van der Waals surface area contributed by atoms with Crippen molar-refractivity contribution < 1.29 is 19.7 Å². The number of carbonyl (C=O) groups is 1. The molecule has 0 spiro atoms. The highest BCUT2D eigenvalue weighted by Crippen LogP contribution is 2.18. The van der Waals surface area contributed by atoms with Crippen LogP contribution >= 0.6 is 0 Å². The number of methoxy groups -OCH3 is 1. The minimum absolute atomic E-state index is 0.0624. The number of aliphatic carboxylic acids is 1. The molecule has 1 rings (SSSR count). The molecule has 1 atom stereocenters. The molecule has 1 unspecified atom stereocenters. The molecule has 0 aromatic heterocycles. The van der Waals surface area contributed by atoms with Crippen LogP contribution in [0.4, 0.5) is 0 Å². The molecule has 0 aliphatic carbocycles. The van der Waals surface area contributed by atoms with Crippen LogP contribution < -0.4 is 5.32 Å². The highest BCUT2D eigenvalue weighted by molar-refractivity contribution is 5.75. The fraction of sp³-hybridized carbons (Fsp3) is 0.417. The van der Waals surface area contributed by atoms with Crippen LogP contribution in [-0.2, 0) is 9.53 Å². The Morgan fingerprint density at radius 2 is 2.29 bits per heavy atom. The first-order valence-corrected chi connectivity index (χ1v) is 5.39. The van der Waals surface area contributed by atoms with Gasteiger partial charge < -0.3 is 20.3 Å². The molecule has 0 radical (unpaired) electrons. The highest BCUT2D eigenvalue weighted by Gasteiger charge is 2.18. The van der Waals surface area contributed by atoms with E-state index in [2.05, 4.69) is 5.32 Å². The van der Waals surface area contributed by atoms with Gasteiger partial charge in [-0.2, -0.15) is 0 Å². The molecule has 5 heteroatoms. The van der Waals surface area contributed by atoms with Gasteiger partial charge in [0.2, 0.25) is 0 Å². The second-order valence-electron chi connectivity index (χ2n) is 3.67. The van der Waals surface area contributed by atoms with Gasteiger partial charge in [0.15, 0.2) is 0 Å². The first-order valence-electron chi connectivity index (χ1n) is 5.39. The van der Waals surface area contributed by atoms with E-state index in [4.69, 9.17) is 9.84 Å². The zero-order chi connectivity index (χ0) is 12.7. The number of ether oxygens (including phenoxy) is 1. The van der Waals surface area contributed by atoms with E-state index in [-0.39, 0.29) is 5.75 Å². The number of benzene rings is 1. The molecule has 1 aromatic rings. The fourth-order valence-corrected chi connectivity index (χ4v) is 1.52. The Bertz CT molecular complexity index is 367. The molecular weight excluding hydrogens is 222 g/mol. The quantitative estimate of drug-likeness (QED) is 0.622. The Balaban J connectivity index is 2.63. The Morgan fingerprint density at radius 1 is 1.53 bits per heavy atom. The van der Waals surface area contributed by atoms with Gasteiger partial charge in [0.1, 0.15) is 11.8 Å². The van der Waals surface area contributed by atoms with E-state index in [0.717, 1.165) is 6.42 Å². The summed E-state index contributed by atoms with van der Waals surface area (Å²) in [5.74, 6) is -0.902. The van der Waals surface area contributed by atoms with E-state index in [9.17, 15) is 9.90 Å². The predicted octanol–water partition coefficient (Wildman–Crippen LogP) is 1.14. The third-order valence-electron chi connectivity index (χ3n) is 2.32. The number of rotatable bonds is 7. The fourth-order valence-electron chi connectivity index (χ4n) is 1.52. The maximum absolute atomic E-state index is 11.1. The van der Waals surface area contributed by atoms with Crippen molar-refractivity contribution in [3.8, 4) is 5.75 Å². The van der Waals surface area contributed by atoms with Gasteiger partial charge >= 0.3 is 5.97 Å². The lowest BCUT2D eigenvalue weighted by atomic mass is 10.1. The van der Waals surface area contributed by atoms with Gasteiger partial charge in [0, 0.05) is 13.7 Å². The summed E-state index contributed by atoms with van der Waals surface area (Å²) in [4.78, 5) is 11.1. The summed E-state index contributed by atoms with van der Waals surface area (Å²) < 4.78 is 4.88. The zero-order valence-corrected chi connectivity index (χ0v) is 9.72. The third kappa shape index (κ3) is 4.42. The van der Waals surface area contributed by atoms with Crippen molar-refractivity contribution >= 4 is 5.97 Å². The van der Waals surface area contributed by atoms with Gasteiger partial charge in [0.05, 0.1) is 0 Å². The molecule has 0 aliphatic heterocycles. The largest absolute Gasteiger partial charge is 0.508 e. The molecule has 0 fully saturated rings. The first-order chi connectivity index (χ1) is 8.15. The van der Waals surface area contributed by atoms with Crippen molar-refractivity contribution in [1.29, 1.82) is 0 Å². The summed E-state index contributed by atoms with van der Waals surface area (Å²) in [5, 5.41) is 21.3. The predicted molar refractivity (Wildman–Crippen MR) is 63.0 cm³/mol. The van der Waals surface area contributed by atoms with E-state index in [1.165, 1.54) is 12.1 Å². The average Bonchev–Trinajstić information content (AvgIpc) is 2.28. The van der Waals surface area contributed by atoms with Crippen molar-refractivity contribution in [3.05, 3.63) is 29.8 Å². The summed E-state index contributed by atoms with van der Waals surface area (Å²) in [7, 11) is 1.60. The molecule has 94 valence electrons. The van der Waals surface area contributed by atoms with Crippen molar-refractivity contribution in [2.45, 2.75) is 12.5 Å². The van der Waals surface area contributed by atoms with E-state index >= 15 is 0 Å². The number of hydrogen-bond donors (Lipinski definition) is 3. The van der Waals surface area contributed by atoms with E-state index in [1.54, 1.807) is 19.2 Å². The van der Waals surface area contributed by atoms with E-state index in [0.29, 0.717) is 18.7 Å². The summed E-state index contributed by atoms with van der Waals surface area (Å²) in [6, 6.07) is 5.44. The van der Waals surface area contributed by atoms with Gasteiger partial charge in [-0.05, 0) is 30.7 Å². The lowest BCUT2D eigenvalue weighted by Gasteiger charge is -2.14. The lowest BCUT2D eigenvalue weighted by molar-refractivity contribution is -0.139. The monoisotopic (exact) mass is 239 g/mol. The van der Waals surface area contributed by atoms with Crippen LogP contribution in [0.25, 0.3) is 0 Å². The Hall–Kier alpha value is -1.59. The molecule has 5 nitrogen and oxygen atoms in total. The number of carboxylic acid groups (broad SMARTS) is 1. The summed E-state index contributed by atoms with van der Waals surface area (Å²) >= 11 is 0. The standard InChI is InChI=1S/C12H17NO4/c1-17-7-3-6-13-11(12(15)16)9-4-2-5-10(14)8-9/h2,4-5,8,11,13-14H,3,6-7H2,1H3,(H,15,16). The van der Waals surface area contributed by atoms with Crippen LogP contribution in [0.5, 0.6) is 5.75 Å². The minimum Gasteiger partial charge on any atom is -0.508 e. The molecular formula is C12H17NO4. The number of phenolic OH excluding ortho intramolecular Hbond substituents is 1. The summed E-state index contributed by atoms with van der Waals surface area (Å²) in [6.45, 7) is 1.12. The Labute approximate surface area is 100 Å². The van der Waals surface area contributed by atoms with Crippen LogP contribution in [0.3, 0.4) is 0 Å². The molecule has 0 bridgehead atoms. The Morgan fingerprint density at radius 3 is 2.88 bits per heavy atom. The molecule has 0 saturated heterocycles. The molecule has 0 saturated carbocycles. The number of phenols is 1. The maximum Gasteiger partial charge on any atom is 0.325 e. The van der Waals surface area contributed by atoms with Crippen LogP contribution in [-0.4, -0.2) is 36.4 Å². The maximum atomic E-state index is 11.1. The average molecular weight is 239 g/mol. The summed E-state index contributed by atoms with van der Waals surface area (Å²) in [6.07, 6.45) is 0.735. The normalized spacial score (nSPS) is 12.3. The van der Waals surface area contributed by atoms with Crippen LogP contribution in [0.1, 0.15) is 18.0 Å². The van der Waals surface area contributed by atoms with Gasteiger partial charge in [-0.15, -0.1) is 0 Å². The molecule has 17 heavy (non-hydrogen) atoms. The molecule has 0 heterocycles. The second-order valence-corrected chi connectivity index (χ2v) is 3.67. The number of nitrogens with one attached hydrogen (secondary N) is 1. The third-order valence-corrected chi connectivity index (χ3v) is 2.32. The number of hydrogen-bond acceptors (Lipinski definition) is 4. The molecule has 3 N–H and O–H groups in total. The summed E-state index contributed by atoms with van der Waals surface area (Å²) in [5.41, 5.74) is 0.537. The topological polar surface area (TPSA) is 78.8 Å². The number of aromatic hydroxyl groups is 1. The smallest absolute Gasteiger partial charge is 0.325 e. The van der Waals surface area contributed by atoms with Crippen LogP contribution in [0, 0.1) is 0 Å². The van der Waals surface area contributed by atoms with Gasteiger partial charge in [0.25, 0.3) is 0 Å². The van der Waals surface area contributed by atoms with Crippen molar-refractivity contribution in [2.24, 2.45) is 0 Å². The second kappa shape index (κ2) is 6.88. The molecule has 1 aromatic carbocycles. The first kappa shape index (κ1) is 13.5. The minimum atomic E-state index is -0.965. The Kier molecular flexibility index (Phi) is 5.45. The van der Waals surface area contributed by atoms with Crippen molar-refractivity contribution in [1.82, 2.24) is 5.32 Å². The van der Waals surface area contributed by atoms with E-state index in [1.807, 2.05) is 0 Å².